The maximum absolute atomic E-state index is 12.8. The highest BCUT2D eigenvalue weighted by atomic mass is 32.1. The molecule has 0 aliphatic carbocycles. The van der Waals surface area contributed by atoms with E-state index in [1.165, 1.54) is 28.6 Å². The van der Waals surface area contributed by atoms with Crippen LogP contribution in [-0.2, 0) is 4.79 Å². The van der Waals surface area contributed by atoms with Gasteiger partial charge in [-0.05, 0) is 23.6 Å². The molecule has 3 heterocycles. The highest BCUT2D eigenvalue weighted by molar-refractivity contribution is 7.10. The molecule has 0 aromatic carbocycles. The zero-order valence-corrected chi connectivity index (χ0v) is 14.3. The van der Waals surface area contributed by atoms with Gasteiger partial charge in [0, 0.05) is 4.88 Å². The van der Waals surface area contributed by atoms with Crippen LogP contribution in [0.3, 0.4) is 0 Å². The lowest BCUT2D eigenvalue weighted by molar-refractivity contribution is -0.857. The van der Waals surface area contributed by atoms with Crippen LogP contribution >= 0.6 is 11.3 Å². The molecule has 3 rings (SSSR count). The molecule has 1 aliphatic rings. The number of nitrogens with zero attached hydrogens (tertiary/aromatic N) is 1. The Morgan fingerprint density at radius 3 is 2.75 bits per heavy atom. The van der Waals surface area contributed by atoms with Crippen LogP contribution in [0.4, 0.5) is 0 Å². The van der Waals surface area contributed by atoms with Crippen LogP contribution in [0.15, 0.2) is 51.7 Å². The third kappa shape index (κ3) is 2.88. The van der Waals surface area contributed by atoms with Crippen molar-refractivity contribution in [2.75, 3.05) is 27.2 Å². The normalized spacial score (nSPS) is 18.0. The molecule has 0 radical (unpaired) electrons. The van der Waals surface area contributed by atoms with Crippen LogP contribution in [0, 0.1) is 0 Å². The fourth-order valence-electron chi connectivity index (χ4n) is 2.74. The fraction of sp³-hybridized carbons (Fsp3) is 0.294. The van der Waals surface area contributed by atoms with Gasteiger partial charge in [-0.2, -0.15) is 0 Å². The summed E-state index contributed by atoms with van der Waals surface area (Å²) in [5.41, 5.74) is 0.0890. The van der Waals surface area contributed by atoms with Crippen LogP contribution in [0.5, 0.6) is 0 Å². The number of carbonyl (C=O) groups excluding carboxylic acids is 2. The summed E-state index contributed by atoms with van der Waals surface area (Å²) in [6, 6.07) is 6.30. The van der Waals surface area contributed by atoms with Crippen LogP contribution in [0.2, 0.25) is 0 Å². The predicted molar refractivity (Wildman–Crippen MR) is 89.1 cm³/mol. The minimum atomic E-state index is -0.575. The first-order valence-corrected chi connectivity index (χ1v) is 8.53. The second kappa shape index (κ2) is 6.62. The highest BCUT2D eigenvalue weighted by Crippen LogP contribution is 2.40. The Kier molecular flexibility index (Phi) is 4.55. The van der Waals surface area contributed by atoms with Gasteiger partial charge in [-0.3, -0.25) is 9.59 Å². The molecular formula is C17H19N2O4S+. The molecule has 1 unspecified atom stereocenters. The van der Waals surface area contributed by atoms with Crippen molar-refractivity contribution >= 4 is 23.0 Å². The quantitative estimate of drug-likeness (QED) is 0.767. The van der Waals surface area contributed by atoms with E-state index in [4.69, 9.17) is 4.42 Å². The summed E-state index contributed by atoms with van der Waals surface area (Å²) in [5.74, 6) is -1.33. The first-order chi connectivity index (χ1) is 11.5. The van der Waals surface area contributed by atoms with E-state index in [-0.39, 0.29) is 11.3 Å². The molecule has 2 aromatic rings. The minimum absolute atomic E-state index is 0.0890. The van der Waals surface area contributed by atoms with Crippen molar-refractivity contribution in [1.29, 1.82) is 0 Å². The van der Waals surface area contributed by atoms with Crippen LogP contribution in [-0.4, -0.2) is 48.9 Å². The van der Waals surface area contributed by atoms with Crippen molar-refractivity contribution in [3.8, 4) is 0 Å². The van der Waals surface area contributed by atoms with Crippen molar-refractivity contribution < 1.29 is 24.0 Å². The number of hydrogen-bond donors (Lipinski definition) is 2. The predicted octanol–water partition coefficient (Wildman–Crippen LogP) is 1.06. The molecular weight excluding hydrogens is 328 g/mol. The average molecular weight is 347 g/mol. The third-order valence-corrected chi connectivity index (χ3v) is 4.88. The summed E-state index contributed by atoms with van der Waals surface area (Å²) in [6.07, 6.45) is 1.40. The lowest BCUT2D eigenvalue weighted by Gasteiger charge is -2.25. The maximum Gasteiger partial charge on any atom is 0.290 e. The number of carbonyl (C=O) groups is 2. The zero-order chi connectivity index (χ0) is 17.3. The Labute approximate surface area is 143 Å². The molecule has 24 heavy (non-hydrogen) atoms. The van der Waals surface area contributed by atoms with E-state index in [0.717, 1.165) is 4.88 Å². The van der Waals surface area contributed by atoms with Gasteiger partial charge in [-0.25, -0.2) is 0 Å². The van der Waals surface area contributed by atoms with E-state index in [0.29, 0.717) is 13.1 Å². The average Bonchev–Trinajstić information content (AvgIpc) is 3.27. The lowest BCUT2D eigenvalue weighted by atomic mass is 10.0. The van der Waals surface area contributed by atoms with Gasteiger partial charge in [0.15, 0.2) is 11.5 Å². The van der Waals surface area contributed by atoms with Gasteiger partial charge in [0.25, 0.3) is 5.91 Å². The molecule has 6 nitrogen and oxygen atoms in total. The number of aliphatic hydroxyl groups excluding tert-OH is 1. The molecule has 0 bridgehead atoms. The van der Waals surface area contributed by atoms with E-state index in [1.54, 1.807) is 11.0 Å². The lowest BCUT2D eigenvalue weighted by Crippen LogP contribution is -3.06. The number of ketones is 1. The van der Waals surface area contributed by atoms with Gasteiger partial charge < -0.3 is 19.3 Å². The number of aliphatic hydroxyl groups is 1. The standard InChI is InChI=1S/C17H18N2O4S/c1-18(2)7-8-19-14(12-6-4-10-24-12)13(16(21)17(19)22)15(20)11-5-3-9-23-11/h3-6,9-10,14,21H,7-8H2,1-2H3/p+1. The summed E-state index contributed by atoms with van der Waals surface area (Å²) < 4.78 is 5.17. The van der Waals surface area contributed by atoms with Crippen molar-refractivity contribution in [2.45, 2.75) is 6.04 Å². The van der Waals surface area contributed by atoms with Crippen molar-refractivity contribution in [3.63, 3.8) is 0 Å². The van der Waals surface area contributed by atoms with E-state index in [1.807, 2.05) is 31.6 Å². The molecule has 1 aliphatic heterocycles. The molecule has 2 aromatic heterocycles. The Hall–Kier alpha value is -2.38. The third-order valence-electron chi connectivity index (χ3n) is 3.96. The van der Waals surface area contributed by atoms with E-state index in [2.05, 4.69) is 0 Å². The van der Waals surface area contributed by atoms with E-state index >= 15 is 0 Å². The van der Waals surface area contributed by atoms with Crippen LogP contribution in [0.25, 0.3) is 0 Å². The molecule has 2 N–H and O–H groups in total. The van der Waals surface area contributed by atoms with Gasteiger partial charge >= 0.3 is 0 Å². The fourth-order valence-corrected chi connectivity index (χ4v) is 3.59. The number of quaternary nitrogens is 1. The number of amides is 1. The van der Waals surface area contributed by atoms with Gasteiger partial charge in [0.2, 0.25) is 5.78 Å². The minimum Gasteiger partial charge on any atom is -0.503 e. The summed E-state index contributed by atoms with van der Waals surface area (Å²) in [4.78, 5) is 28.9. The second-order valence-electron chi connectivity index (χ2n) is 5.94. The molecule has 7 heteroatoms. The summed E-state index contributed by atoms with van der Waals surface area (Å²) in [5, 5.41) is 12.2. The Bertz CT molecular complexity index is 763. The first-order valence-electron chi connectivity index (χ1n) is 7.65. The molecule has 0 fully saturated rings. The van der Waals surface area contributed by atoms with Crippen molar-refractivity contribution in [2.24, 2.45) is 0 Å². The van der Waals surface area contributed by atoms with Crippen molar-refractivity contribution in [3.05, 3.63) is 57.9 Å². The zero-order valence-electron chi connectivity index (χ0n) is 13.5. The Balaban J connectivity index is 2.01. The molecule has 1 amide bonds. The van der Waals surface area contributed by atoms with E-state index in [9.17, 15) is 14.7 Å². The monoisotopic (exact) mass is 347 g/mol. The Morgan fingerprint density at radius 2 is 2.17 bits per heavy atom. The van der Waals surface area contributed by atoms with Gasteiger partial charge in [0.05, 0.1) is 45.1 Å². The number of Topliss-reactive ketones (excluding diaryl/α,β-unsaturated/α-hetero) is 1. The van der Waals surface area contributed by atoms with Crippen molar-refractivity contribution in [1.82, 2.24) is 4.90 Å². The molecule has 0 saturated heterocycles. The van der Waals surface area contributed by atoms with Crippen LogP contribution in [0.1, 0.15) is 21.5 Å². The summed E-state index contributed by atoms with van der Waals surface area (Å²) >= 11 is 1.45. The largest absolute Gasteiger partial charge is 0.503 e. The van der Waals surface area contributed by atoms with E-state index < -0.39 is 23.5 Å². The summed E-state index contributed by atoms with van der Waals surface area (Å²) in [7, 11) is 3.98. The molecule has 126 valence electrons. The van der Waals surface area contributed by atoms with Gasteiger partial charge in [0.1, 0.15) is 0 Å². The molecule has 0 spiro atoms. The summed E-state index contributed by atoms with van der Waals surface area (Å²) in [6.45, 7) is 1.16. The first kappa shape index (κ1) is 16.5. The topological polar surface area (TPSA) is 75.2 Å². The number of furan rings is 1. The highest BCUT2D eigenvalue weighted by Gasteiger charge is 2.44. The van der Waals surface area contributed by atoms with Crippen LogP contribution < -0.4 is 4.90 Å². The van der Waals surface area contributed by atoms with Gasteiger partial charge in [-0.1, -0.05) is 6.07 Å². The second-order valence-corrected chi connectivity index (χ2v) is 6.92. The smallest absolute Gasteiger partial charge is 0.290 e. The SMILES string of the molecule is C[NH+](C)CCN1C(=O)C(O)=C(C(=O)c2ccco2)C1c1cccs1. The maximum atomic E-state index is 12.8. The molecule has 0 saturated carbocycles. The number of hydrogen-bond acceptors (Lipinski definition) is 5. The number of nitrogens with one attached hydrogen (secondary N) is 1. The number of rotatable bonds is 6. The van der Waals surface area contributed by atoms with Gasteiger partial charge in [-0.15, -0.1) is 11.3 Å². The molecule has 1 atom stereocenters. The Morgan fingerprint density at radius 1 is 1.38 bits per heavy atom. The number of thiophene rings is 1. The number of likely N-dealkylation sites (N-methyl/N-ethyl adjacent to an activating group) is 1.